The summed E-state index contributed by atoms with van der Waals surface area (Å²) in [5, 5.41) is 24.8. The molecule has 0 radical (unpaired) electrons. The van der Waals surface area contributed by atoms with Crippen LogP contribution in [0.5, 0.6) is 0 Å². The van der Waals surface area contributed by atoms with Crippen molar-refractivity contribution < 1.29 is 43.2 Å². The molecule has 0 aromatic heterocycles. The third-order valence-electron chi connectivity index (χ3n) is 9.48. The van der Waals surface area contributed by atoms with Gasteiger partial charge in [0.25, 0.3) is 8.32 Å². The Labute approximate surface area is 309 Å². The number of carbonyl (C=O) groups is 3. The fourth-order valence-corrected chi connectivity index (χ4v) is 11.6. The zero-order valence-corrected chi connectivity index (χ0v) is 30.7. The van der Waals surface area contributed by atoms with Crippen molar-refractivity contribution >= 4 is 36.6 Å². The highest BCUT2D eigenvalue weighted by Gasteiger charge is 2.61. The van der Waals surface area contributed by atoms with Crippen LogP contribution in [-0.2, 0) is 18.6 Å². The van der Waals surface area contributed by atoms with Gasteiger partial charge in [-0.1, -0.05) is 136 Å². The summed E-state index contributed by atoms with van der Waals surface area (Å²) < 4.78 is 25.7. The van der Waals surface area contributed by atoms with Crippen molar-refractivity contribution in [1.29, 1.82) is 0 Å². The monoisotopic (exact) mass is 730 g/mol. The summed E-state index contributed by atoms with van der Waals surface area (Å²) in [4.78, 5) is 41.3. The normalized spacial score (nSPS) is 21.6. The topological polar surface area (TPSA) is 129 Å². The van der Waals surface area contributed by atoms with Crippen molar-refractivity contribution in [3.63, 3.8) is 0 Å². The molecule has 2 N–H and O–H groups in total. The number of aliphatic hydroxyl groups is 2. The lowest BCUT2D eigenvalue weighted by Crippen LogP contribution is -2.74. The van der Waals surface area contributed by atoms with Gasteiger partial charge in [-0.15, -0.1) is 0 Å². The molecule has 9 nitrogen and oxygen atoms in total. The fourth-order valence-electron chi connectivity index (χ4n) is 6.89. The summed E-state index contributed by atoms with van der Waals surface area (Å²) in [6.45, 7) is 6.11. The molecule has 0 aliphatic heterocycles. The molecule has 6 rings (SSSR count). The first-order valence-electron chi connectivity index (χ1n) is 17.4. The molecule has 0 heterocycles. The van der Waals surface area contributed by atoms with Gasteiger partial charge in [-0.3, -0.25) is 0 Å². The summed E-state index contributed by atoms with van der Waals surface area (Å²) >= 11 is 0. The zero-order chi connectivity index (χ0) is 37.6. The average molecular weight is 731 g/mol. The van der Waals surface area contributed by atoms with Crippen molar-refractivity contribution in [2.45, 2.75) is 62.4 Å². The van der Waals surface area contributed by atoms with Crippen LogP contribution in [0.3, 0.4) is 0 Å². The number of rotatable bonds is 10. The number of hydrogen-bond donors (Lipinski definition) is 2. The smallest absolute Gasteiger partial charge is 0.338 e. The van der Waals surface area contributed by atoms with Crippen LogP contribution in [0, 0.1) is 0 Å². The van der Waals surface area contributed by atoms with Crippen LogP contribution in [0.25, 0.3) is 0 Å². The number of benzene rings is 5. The first-order chi connectivity index (χ1) is 25.5. The van der Waals surface area contributed by atoms with Crippen molar-refractivity contribution in [3.8, 4) is 0 Å². The third kappa shape index (κ3) is 7.86. The Hall–Kier alpha value is -5.39. The van der Waals surface area contributed by atoms with Gasteiger partial charge in [0.15, 0.2) is 18.3 Å². The minimum Gasteiger partial charge on any atom is -0.453 e. The maximum Gasteiger partial charge on any atom is 0.338 e. The maximum atomic E-state index is 13.9. The lowest BCUT2D eigenvalue weighted by molar-refractivity contribution is -0.219. The van der Waals surface area contributed by atoms with E-state index in [-0.39, 0.29) is 16.7 Å². The highest BCUT2D eigenvalue weighted by Crippen LogP contribution is 2.41. The third-order valence-corrected chi connectivity index (χ3v) is 14.5. The fraction of sp³-hybridized carbons (Fsp3) is 0.233. The molecule has 0 bridgehead atoms. The van der Waals surface area contributed by atoms with Gasteiger partial charge in [0.1, 0.15) is 18.3 Å². The highest BCUT2D eigenvalue weighted by atomic mass is 28.4. The summed E-state index contributed by atoms with van der Waals surface area (Å²) in [5.41, 5.74) is 0.543. The van der Waals surface area contributed by atoms with Crippen molar-refractivity contribution in [3.05, 3.63) is 168 Å². The van der Waals surface area contributed by atoms with Crippen molar-refractivity contribution in [2.75, 3.05) is 0 Å². The van der Waals surface area contributed by atoms with Gasteiger partial charge in [0, 0.05) is 0 Å². The van der Waals surface area contributed by atoms with Crippen LogP contribution < -0.4 is 10.4 Å². The van der Waals surface area contributed by atoms with Gasteiger partial charge >= 0.3 is 17.9 Å². The van der Waals surface area contributed by atoms with E-state index in [1.54, 1.807) is 91.0 Å². The van der Waals surface area contributed by atoms with Gasteiger partial charge in [-0.05, 0) is 51.8 Å². The quantitative estimate of drug-likeness (QED) is 0.111. The second-order valence-electron chi connectivity index (χ2n) is 13.9. The standard InChI is InChI=1S/C43H42O9Si/c1-43(2,3)53(32-25-15-7-16-26-32,33-27-17-8-18-28-33)52-39-37(50-41(47)30-21-11-5-12-22-30)35(45)34(44)36(49-40(46)29-19-9-4-10-20-29)38(39)51-42(48)31-23-13-6-14-24-31/h4-28,34-39,44-45H,1-3H3/t34-,35-,36+,37+,38+,39-/m0/s1. The molecule has 6 atom stereocenters. The van der Waals surface area contributed by atoms with Crippen LogP contribution >= 0.6 is 0 Å². The molecule has 1 aliphatic carbocycles. The number of esters is 3. The molecule has 0 spiro atoms. The summed E-state index contributed by atoms with van der Waals surface area (Å²) in [7, 11) is -3.58. The lowest BCUT2D eigenvalue weighted by atomic mass is 9.84. The largest absolute Gasteiger partial charge is 0.453 e. The second kappa shape index (κ2) is 16.1. The van der Waals surface area contributed by atoms with Gasteiger partial charge in [0.05, 0.1) is 16.7 Å². The Morgan fingerprint density at radius 3 is 1.06 bits per heavy atom. The van der Waals surface area contributed by atoms with Gasteiger partial charge in [0.2, 0.25) is 0 Å². The Morgan fingerprint density at radius 1 is 0.453 bits per heavy atom. The van der Waals surface area contributed by atoms with Gasteiger partial charge in [-0.2, -0.15) is 0 Å². The van der Waals surface area contributed by atoms with Crippen LogP contribution in [0.1, 0.15) is 51.8 Å². The molecule has 0 unspecified atom stereocenters. The Morgan fingerprint density at radius 2 is 0.736 bits per heavy atom. The van der Waals surface area contributed by atoms with Crippen molar-refractivity contribution in [1.82, 2.24) is 0 Å². The van der Waals surface area contributed by atoms with E-state index in [0.717, 1.165) is 10.4 Å². The Balaban J connectivity index is 1.55. The van der Waals surface area contributed by atoms with E-state index in [1.165, 1.54) is 0 Å². The molecular weight excluding hydrogens is 689 g/mol. The van der Waals surface area contributed by atoms with Gasteiger partial charge in [-0.25, -0.2) is 14.4 Å². The van der Waals surface area contributed by atoms with E-state index in [2.05, 4.69) is 0 Å². The van der Waals surface area contributed by atoms with E-state index in [9.17, 15) is 24.6 Å². The molecule has 5 aromatic rings. The Kier molecular flexibility index (Phi) is 11.3. The van der Waals surface area contributed by atoms with E-state index in [0.29, 0.717) is 0 Å². The van der Waals surface area contributed by atoms with Crippen molar-refractivity contribution in [2.24, 2.45) is 0 Å². The summed E-state index contributed by atoms with van der Waals surface area (Å²) in [6, 6.07) is 43.8. The predicted octanol–water partition coefficient (Wildman–Crippen LogP) is 5.34. The molecule has 1 aliphatic rings. The van der Waals surface area contributed by atoms with Crippen LogP contribution in [-0.4, -0.2) is 73.1 Å². The van der Waals surface area contributed by atoms with Crippen LogP contribution in [0.2, 0.25) is 5.04 Å². The molecule has 10 heteroatoms. The van der Waals surface area contributed by atoms with Crippen LogP contribution in [0.15, 0.2) is 152 Å². The van der Waals surface area contributed by atoms with E-state index < -0.39 is 67.9 Å². The van der Waals surface area contributed by atoms with E-state index >= 15 is 0 Å². The molecule has 272 valence electrons. The maximum absolute atomic E-state index is 13.9. The van der Waals surface area contributed by atoms with E-state index in [4.69, 9.17) is 18.6 Å². The molecule has 0 amide bonds. The average Bonchev–Trinajstić information content (AvgIpc) is 3.19. The first-order valence-corrected chi connectivity index (χ1v) is 19.3. The minimum atomic E-state index is -3.58. The molecule has 1 fully saturated rings. The van der Waals surface area contributed by atoms with E-state index in [1.807, 2.05) is 81.4 Å². The summed E-state index contributed by atoms with van der Waals surface area (Å²) in [5.74, 6) is -2.43. The molecule has 1 saturated carbocycles. The number of ether oxygens (including phenoxy) is 3. The highest BCUT2D eigenvalue weighted by molar-refractivity contribution is 6.99. The number of aliphatic hydroxyl groups excluding tert-OH is 2. The van der Waals surface area contributed by atoms with Gasteiger partial charge < -0.3 is 28.8 Å². The number of carbonyl (C=O) groups excluding carboxylic acids is 3. The molecule has 0 saturated heterocycles. The molecule has 53 heavy (non-hydrogen) atoms. The molecule has 5 aromatic carbocycles. The molecular formula is C43H42O9Si. The first kappa shape index (κ1) is 37.4. The summed E-state index contributed by atoms with van der Waals surface area (Å²) in [6.07, 6.45) is -10.0. The Bertz CT molecular complexity index is 1930. The zero-order valence-electron chi connectivity index (χ0n) is 29.7. The van der Waals surface area contributed by atoms with Crippen LogP contribution in [0.4, 0.5) is 0 Å². The SMILES string of the molecule is CC(C)(C)[Si](O[C@@H]1[C@H](OC(=O)c2ccccc2)[C@H](OC(=O)c2ccccc2)[C@@H](O)[C@H](O)[C@H]1OC(=O)c1ccccc1)(c1ccccc1)c1ccccc1. The predicted molar refractivity (Wildman–Crippen MR) is 201 cm³/mol. The number of hydrogen-bond acceptors (Lipinski definition) is 9. The minimum absolute atomic E-state index is 0.171. The second-order valence-corrected chi connectivity index (χ2v) is 18.2. The lowest BCUT2D eigenvalue weighted by Gasteiger charge is -2.51.